The summed E-state index contributed by atoms with van der Waals surface area (Å²) in [4.78, 5) is 29.8. The number of carbonyl (C=O) groups excluding carboxylic acids is 2. The highest BCUT2D eigenvalue weighted by Crippen LogP contribution is 2.30. The molecule has 0 aliphatic heterocycles. The molecule has 46 heavy (non-hydrogen) atoms. The van der Waals surface area contributed by atoms with Gasteiger partial charge in [-0.25, -0.2) is 8.42 Å². The molecule has 7 nitrogen and oxygen atoms in total. The van der Waals surface area contributed by atoms with E-state index in [9.17, 15) is 18.0 Å². The third kappa shape index (κ3) is 9.48. The summed E-state index contributed by atoms with van der Waals surface area (Å²) in [5, 5.41) is 3.89. The van der Waals surface area contributed by atoms with E-state index < -0.39 is 28.5 Å². The van der Waals surface area contributed by atoms with Crippen molar-refractivity contribution < 1.29 is 18.0 Å². The first kappa shape index (κ1) is 35.3. The van der Waals surface area contributed by atoms with Crippen LogP contribution in [0.3, 0.4) is 0 Å². The van der Waals surface area contributed by atoms with Gasteiger partial charge in [-0.15, -0.1) is 0 Å². The molecule has 0 unspecified atom stereocenters. The van der Waals surface area contributed by atoms with Gasteiger partial charge >= 0.3 is 0 Å². The summed E-state index contributed by atoms with van der Waals surface area (Å²) in [5.41, 5.74) is 2.54. The first-order valence-electron chi connectivity index (χ1n) is 14.7. The Labute approximate surface area is 286 Å². The summed E-state index contributed by atoms with van der Waals surface area (Å²) in [6.45, 7) is 5.61. The van der Waals surface area contributed by atoms with Crippen LogP contribution in [0.1, 0.15) is 30.5 Å². The molecular formula is C35H36Cl3N3O4S. The molecule has 0 aliphatic rings. The predicted octanol–water partition coefficient (Wildman–Crippen LogP) is 7.56. The van der Waals surface area contributed by atoms with Crippen molar-refractivity contribution >= 4 is 62.3 Å². The zero-order valence-electron chi connectivity index (χ0n) is 25.8. The number of sulfonamides is 1. The lowest BCUT2D eigenvalue weighted by Gasteiger charge is -2.34. The minimum Gasteiger partial charge on any atom is -0.354 e. The molecule has 0 aromatic heterocycles. The molecule has 0 bridgehead atoms. The molecule has 0 fully saturated rings. The SMILES string of the molecule is Cc1ccc(S(=O)(=O)N(CC(=O)N(Cc2ccc(Cl)cc2)[C@H](Cc2ccccc2)C(=O)NCC(C)C)c2cc(Cl)cc(Cl)c2)cc1. The molecule has 4 aromatic rings. The predicted molar refractivity (Wildman–Crippen MR) is 186 cm³/mol. The van der Waals surface area contributed by atoms with Gasteiger partial charge in [0.25, 0.3) is 10.0 Å². The van der Waals surface area contributed by atoms with Crippen LogP contribution < -0.4 is 9.62 Å². The lowest BCUT2D eigenvalue weighted by molar-refractivity contribution is -0.140. The summed E-state index contributed by atoms with van der Waals surface area (Å²) < 4.78 is 29.3. The number of carbonyl (C=O) groups is 2. The number of nitrogens with one attached hydrogen (secondary N) is 1. The maximum Gasteiger partial charge on any atom is 0.264 e. The Balaban J connectivity index is 1.82. The first-order chi connectivity index (χ1) is 21.8. The quantitative estimate of drug-likeness (QED) is 0.156. The molecule has 4 aromatic carbocycles. The molecule has 0 spiro atoms. The van der Waals surface area contributed by atoms with E-state index in [0.717, 1.165) is 15.4 Å². The summed E-state index contributed by atoms with van der Waals surface area (Å²) in [6.07, 6.45) is 0.206. The average Bonchev–Trinajstić information content (AvgIpc) is 3.01. The number of nitrogens with zero attached hydrogens (tertiary/aromatic N) is 2. The van der Waals surface area contributed by atoms with Gasteiger partial charge in [0.05, 0.1) is 10.6 Å². The van der Waals surface area contributed by atoms with Crippen LogP contribution in [-0.4, -0.2) is 44.3 Å². The smallest absolute Gasteiger partial charge is 0.264 e. The molecule has 0 heterocycles. The molecule has 0 radical (unpaired) electrons. The van der Waals surface area contributed by atoms with Crippen molar-refractivity contribution in [2.24, 2.45) is 5.92 Å². The Kier molecular flexibility index (Phi) is 12.1. The van der Waals surface area contributed by atoms with Crippen LogP contribution in [-0.2, 0) is 32.6 Å². The first-order valence-corrected chi connectivity index (χ1v) is 17.3. The van der Waals surface area contributed by atoms with Crippen LogP contribution in [0.2, 0.25) is 15.1 Å². The van der Waals surface area contributed by atoms with Crippen molar-refractivity contribution in [2.75, 3.05) is 17.4 Å². The summed E-state index contributed by atoms with van der Waals surface area (Å²) in [6, 6.07) is 26.0. The second kappa shape index (κ2) is 15.8. The average molecular weight is 701 g/mol. The van der Waals surface area contributed by atoms with Crippen LogP contribution in [0.15, 0.2) is 102 Å². The lowest BCUT2D eigenvalue weighted by Crippen LogP contribution is -2.53. The van der Waals surface area contributed by atoms with E-state index in [0.29, 0.717) is 17.1 Å². The van der Waals surface area contributed by atoms with Crippen LogP contribution >= 0.6 is 34.8 Å². The number of amides is 2. The zero-order chi connectivity index (χ0) is 33.4. The fraction of sp³-hybridized carbons (Fsp3) is 0.257. The van der Waals surface area contributed by atoms with E-state index in [1.54, 1.807) is 36.4 Å². The van der Waals surface area contributed by atoms with E-state index in [-0.39, 0.29) is 45.4 Å². The molecule has 0 aliphatic carbocycles. The fourth-order valence-electron chi connectivity index (χ4n) is 4.81. The van der Waals surface area contributed by atoms with Gasteiger partial charge in [-0.1, -0.05) is 109 Å². The Bertz CT molecular complexity index is 1730. The van der Waals surface area contributed by atoms with E-state index in [4.69, 9.17) is 34.8 Å². The van der Waals surface area contributed by atoms with Crippen molar-refractivity contribution in [3.63, 3.8) is 0 Å². The van der Waals surface area contributed by atoms with Crippen molar-refractivity contribution in [3.8, 4) is 0 Å². The van der Waals surface area contributed by atoms with Gasteiger partial charge in [-0.05, 0) is 66.4 Å². The largest absolute Gasteiger partial charge is 0.354 e. The second-order valence-corrected chi connectivity index (χ2v) is 14.6. The van der Waals surface area contributed by atoms with Gasteiger partial charge in [-0.2, -0.15) is 0 Å². The normalized spacial score (nSPS) is 12.1. The van der Waals surface area contributed by atoms with E-state index in [2.05, 4.69) is 5.32 Å². The number of aryl methyl sites for hydroxylation is 1. The number of anilines is 1. The van der Waals surface area contributed by atoms with Gasteiger partial charge < -0.3 is 10.2 Å². The third-order valence-corrected chi connectivity index (χ3v) is 9.72. The van der Waals surface area contributed by atoms with Crippen molar-refractivity contribution in [1.29, 1.82) is 0 Å². The van der Waals surface area contributed by atoms with E-state index in [1.807, 2.05) is 51.1 Å². The standard InChI is InChI=1S/C35H36Cl3N3O4S/c1-24(2)21-39-35(43)33(17-26-7-5-4-6-8-26)40(22-27-11-13-28(36)14-12-27)34(42)23-41(31-19-29(37)18-30(38)20-31)46(44,45)32-15-9-25(3)10-16-32/h4-16,18-20,24,33H,17,21-23H2,1-3H3,(H,39,43)/t33-/m1/s1. The molecular weight excluding hydrogens is 665 g/mol. The van der Waals surface area contributed by atoms with Gasteiger partial charge in [0.15, 0.2) is 0 Å². The summed E-state index contributed by atoms with van der Waals surface area (Å²) in [7, 11) is -4.29. The Morgan fingerprint density at radius 1 is 0.783 bits per heavy atom. The highest BCUT2D eigenvalue weighted by molar-refractivity contribution is 7.92. The highest BCUT2D eigenvalue weighted by atomic mass is 35.5. The Morgan fingerprint density at radius 2 is 1.39 bits per heavy atom. The van der Waals surface area contributed by atoms with Crippen molar-refractivity contribution in [1.82, 2.24) is 10.2 Å². The highest BCUT2D eigenvalue weighted by Gasteiger charge is 2.35. The Morgan fingerprint density at radius 3 is 1.98 bits per heavy atom. The number of hydrogen-bond acceptors (Lipinski definition) is 4. The molecule has 1 N–H and O–H groups in total. The van der Waals surface area contributed by atoms with E-state index >= 15 is 0 Å². The van der Waals surface area contributed by atoms with Gasteiger partial charge in [0, 0.05) is 34.6 Å². The molecule has 242 valence electrons. The minimum atomic E-state index is -4.29. The van der Waals surface area contributed by atoms with Gasteiger partial charge in [0.1, 0.15) is 12.6 Å². The number of halogens is 3. The van der Waals surface area contributed by atoms with Gasteiger partial charge in [-0.3, -0.25) is 13.9 Å². The van der Waals surface area contributed by atoms with Crippen molar-refractivity contribution in [2.45, 2.75) is 44.7 Å². The van der Waals surface area contributed by atoms with Crippen molar-refractivity contribution in [3.05, 3.63) is 129 Å². The fourth-order valence-corrected chi connectivity index (χ4v) is 6.85. The maximum atomic E-state index is 14.5. The maximum absolute atomic E-state index is 14.5. The van der Waals surface area contributed by atoms with Crippen LogP contribution in [0.5, 0.6) is 0 Å². The van der Waals surface area contributed by atoms with Crippen LogP contribution in [0.4, 0.5) is 5.69 Å². The third-order valence-electron chi connectivity index (χ3n) is 7.24. The molecule has 0 saturated heterocycles. The number of hydrogen-bond donors (Lipinski definition) is 1. The zero-order valence-corrected chi connectivity index (χ0v) is 28.9. The summed E-state index contributed by atoms with van der Waals surface area (Å²) >= 11 is 18.8. The second-order valence-electron chi connectivity index (χ2n) is 11.4. The number of rotatable bonds is 13. The minimum absolute atomic E-state index is 0.0123. The van der Waals surface area contributed by atoms with Crippen LogP contribution in [0.25, 0.3) is 0 Å². The number of benzene rings is 4. The molecule has 0 saturated carbocycles. The summed E-state index contributed by atoms with van der Waals surface area (Å²) in [5.74, 6) is -0.773. The molecule has 2 amide bonds. The monoisotopic (exact) mass is 699 g/mol. The molecule has 11 heteroatoms. The van der Waals surface area contributed by atoms with Crippen LogP contribution in [0, 0.1) is 12.8 Å². The lowest BCUT2D eigenvalue weighted by atomic mass is 10.0. The topological polar surface area (TPSA) is 86.8 Å². The van der Waals surface area contributed by atoms with Gasteiger partial charge in [0.2, 0.25) is 11.8 Å². The van der Waals surface area contributed by atoms with E-state index in [1.165, 1.54) is 35.2 Å². The molecule has 4 rings (SSSR count). The Hall–Kier alpha value is -3.56. The molecule has 1 atom stereocenters.